The van der Waals surface area contributed by atoms with Crippen LogP contribution in [0.25, 0.3) is 22.3 Å². The fourth-order valence-corrected chi connectivity index (χ4v) is 4.77. The number of nitrogens with zero attached hydrogens (tertiary/aromatic N) is 3. The standard InChI is InChI=1S/C26H27N5O6.ClH/c1-2-26(35)19-10-21-23-17(12-31(21)24(33)18(19)13-36-25(26)34)16(15-6-3-4-7-20(15)30-23)11-29-37-14-22(32)28-9-5-8-27;/h3-4,6-7,10-11,35H,2,5,8-9,12-14,27H2,1H3,(H,28,32);1H/b29-11+;/t26-;/m0./s1. The Morgan fingerprint density at radius 2 is 2.13 bits per heavy atom. The van der Waals surface area contributed by atoms with Crippen LogP contribution in [0.1, 0.15) is 42.0 Å². The maximum absolute atomic E-state index is 13.5. The maximum atomic E-state index is 13.5. The van der Waals surface area contributed by atoms with Gasteiger partial charge in [-0.2, -0.15) is 0 Å². The minimum Gasteiger partial charge on any atom is -0.458 e. The number of nitrogens with two attached hydrogens (primary N) is 1. The molecule has 1 amide bonds. The third kappa shape index (κ3) is 4.53. The third-order valence-corrected chi connectivity index (χ3v) is 6.79. The number of oxime groups is 1. The van der Waals surface area contributed by atoms with Gasteiger partial charge in [-0.25, -0.2) is 9.78 Å². The lowest BCUT2D eigenvalue weighted by Gasteiger charge is -2.31. The summed E-state index contributed by atoms with van der Waals surface area (Å²) in [6.45, 7) is 2.38. The first-order valence-electron chi connectivity index (χ1n) is 12.1. The van der Waals surface area contributed by atoms with Gasteiger partial charge in [0.1, 0.15) is 6.61 Å². The topological polar surface area (TPSA) is 158 Å². The molecule has 4 N–H and O–H groups in total. The molecule has 4 heterocycles. The van der Waals surface area contributed by atoms with E-state index < -0.39 is 11.6 Å². The molecule has 0 bridgehead atoms. The first kappa shape index (κ1) is 27.2. The Morgan fingerprint density at radius 3 is 2.89 bits per heavy atom. The lowest BCUT2D eigenvalue weighted by molar-refractivity contribution is -0.172. The highest BCUT2D eigenvalue weighted by Crippen LogP contribution is 2.39. The first-order chi connectivity index (χ1) is 17.9. The van der Waals surface area contributed by atoms with Crippen LogP contribution in [-0.4, -0.2) is 52.4 Å². The number of amides is 1. The van der Waals surface area contributed by atoms with Crippen LogP contribution in [0, 0.1) is 0 Å². The molecule has 12 heteroatoms. The number of hydrogen-bond donors (Lipinski definition) is 3. The summed E-state index contributed by atoms with van der Waals surface area (Å²) >= 11 is 0. The number of fused-ring (bicyclic) bond motifs is 5. The van der Waals surface area contributed by atoms with E-state index in [1.165, 1.54) is 6.21 Å². The number of hydrogen-bond acceptors (Lipinski definition) is 9. The zero-order valence-corrected chi connectivity index (χ0v) is 21.5. The van der Waals surface area contributed by atoms with Crippen LogP contribution in [-0.2, 0) is 37.9 Å². The van der Waals surface area contributed by atoms with E-state index in [0.717, 1.165) is 10.9 Å². The molecule has 200 valence electrons. The largest absolute Gasteiger partial charge is 0.458 e. The fraction of sp³-hybridized carbons (Fsp3) is 0.346. The van der Waals surface area contributed by atoms with Crippen molar-refractivity contribution in [3.63, 3.8) is 0 Å². The third-order valence-electron chi connectivity index (χ3n) is 6.79. The Kier molecular flexibility index (Phi) is 7.81. The minimum absolute atomic E-state index is 0. The highest BCUT2D eigenvalue weighted by Gasteiger charge is 2.45. The van der Waals surface area contributed by atoms with Crippen molar-refractivity contribution in [2.45, 2.75) is 38.5 Å². The Hall–Kier alpha value is -3.80. The van der Waals surface area contributed by atoms with Crippen LogP contribution < -0.4 is 16.6 Å². The second kappa shape index (κ2) is 10.9. The molecule has 3 aromatic rings. The number of nitrogens with one attached hydrogen (secondary N) is 1. The van der Waals surface area contributed by atoms with E-state index in [-0.39, 0.29) is 61.2 Å². The summed E-state index contributed by atoms with van der Waals surface area (Å²) < 4.78 is 6.70. The van der Waals surface area contributed by atoms with Crippen LogP contribution in [0.4, 0.5) is 0 Å². The number of rotatable bonds is 8. The van der Waals surface area contributed by atoms with E-state index in [0.29, 0.717) is 42.0 Å². The monoisotopic (exact) mass is 541 g/mol. The first-order valence-corrected chi connectivity index (χ1v) is 12.1. The van der Waals surface area contributed by atoms with Gasteiger partial charge < -0.3 is 30.3 Å². The zero-order valence-electron chi connectivity index (χ0n) is 20.7. The summed E-state index contributed by atoms with van der Waals surface area (Å²) in [5, 5.41) is 18.6. The number of aliphatic hydroxyl groups is 1. The van der Waals surface area contributed by atoms with Crippen molar-refractivity contribution in [1.29, 1.82) is 0 Å². The Morgan fingerprint density at radius 1 is 1.34 bits per heavy atom. The average molecular weight is 542 g/mol. The molecule has 2 aliphatic heterocycles. The van der Waals surface area contributed by atoms with Crippen LogP contribution in [0.5, 0.6) is 0 Å². The lowest BCUT2D eigenvalue weighted by atomic mass is 9.86. The molecule has 2 aromatic heterocycles. The number of aromatic nitrogens is 2. The number of cyclic esters (lactones) is 1. The molecular formula is C26H28ClN5O6. The van der Waals surface area contributed by atoms with Gasteiger partial charge in [0.05, 0.1) is 35.2 Å². The molecule has 0 aliphatic carbocycles. The smallest absolute Gasteiger partial charge is 0.343 e. The molecule has 0 spiro atoms. The summed E-state index contributed by atoms with van der Waals surface area (Å²) in [5.41, 5.74) is 6.86. The molecular weight excluding hydrogens is 514 g/mol. The minimum atomic E-state index is -1.90. The van der Waals surface area contributed by atoms with Crippen molar-refractivity contribution < 1.29 is 24.3 Å². The summed E-state index contributed by atoms with van der Waals surface area (Å²) in [5.74, 6) is -1.08. The Labute approximate surface area is 224 Å². The van der Waals surface area contributed by atoms with E-state index in [1.807, 2.05) is 24.3 Å². The summed E-state index contributed by atoms with van der Waals surface area (Å²) in [6, 6.07) is 9.12. The molecule has 38 heavy (non-hydrogen) atoms. The number of carbonyl (C=O) groups excluding carboxylic acids is 2. The maximum Gasteiger partial charge on any atom is 0.343 e. The molecule has 0 fully saturated rings. The van der Waals surface area contributed by atoms with Gasteiger partial charge in [-0.05, 0) is 31.5 Å². The quantitative estimate of drug-likeness (QED) is 0.130. The Balaban J connectivity index is 0.00000336. The van der Waals surface area contributed by atoms with Gasteiger partial charge in [-0.3, -0.25) is 9.59 Å². The van der Waals surface area contributed by atoms with E-state index in [2.05, 4.69) is 10.5 Å². The number of benzene rings is 1. The molecule has 0 radical (unpaired) electrons. The Bertz CT molecular complexity index is 1500. The molecule has 5 rings (SSSR count). The molecule has 0 saturated heterocycles. The fourth-order valence-electron chi connectivity index (χ4n) is 4.77. The van der Waals surface area contributed by atoms with Crippen molar-refractivity contribution in [1.82, 2.24) is 14.9 Å². The van der Waals surface area contributed by atoms with Gasteiger partial charge in [0.2, 0.25) is 0 Å². The van der Waals surface area contributed by atoms with Crippen LogP contribution >= 0.6 is 12.4 Å². The van der Waals surface area contributed by atoms with Crippen molar-refractivity contribution in [2.75, 3.05) is 19.7 Å². The number of para-hydroxylation sites is 1. The van der Waals surface area contributed by atoms with Gasteiger partial charge in [-0.15, -0.1) is 12.4 Å². The van der Waals surface area contributed by atoms with Gasteiger partial charge >= 0.3 is 5.97 Å². The molecule has 0 saturated carbocycles. The van der Waals surface area contributed by atoms with Crippen molar-refractivity contribution in [3.8, 4) is 11.4 Å². The van der Waals surface area contributed by atoms with Gasteiger partial charge in [0.15, 0.2) is 12.2 Å². The van der Waals surface area contributed by atoms with E-state index in [4.69, 9.17) is 20.3 Å². The average Bonchev–Trinajstić information content (AvgIpc) is 3.27. The van der Waals surface area contributed by atoms with Gasteiger partial charge in [0, 0.05) is 28.6 Å². The predicted octanol–water partition coefficient (Wildman–Crippen LogP) is 1.32. The molecule has 1 aromatic carbocycles. The number of esters is 1. The number of halogens is 1. The molecule has 11 nitrogen and oxygen atoms in total. The zero-order chi connectivity index (χ0) is 26.2. The predicted molar refractivity (Wildman–Crippen MR) is 142 cm³/mol. The van der Waals surface area contributed by atoms with Crippen LogP contribution in [0.15, 0.2) is 40.3 Å². The normalized spacial score (nSPS) is 17.4. The van der Waals surface area contributed by atoms with Crippen LogP contribution in [0.3, 0.4) is 0 Å². The van der Waals surface area contributed by atoms with Crippen molar-refractivity contribution in [3.05, 3.63) is 62.9 Å². The molecule has 1 atom stereocenters. The van der Waals surface area contributed by atoms with Gasteiger partial charge in [-0.1, -0.05) is 30.3 Å². The number of ether oxygens (including phenoxy) is 1. The van der Waals surface area contributed by atoms with E-state index >= 15 is 0 Å². The summed E-state index contributed by atoms with van der Waals surface area (Å²) in [6.07, 6.45) is 2.25. The highest BCUT2D eigenvalue weighted by atomic mass is 35.5. The molecule has 0 unspecified atom stereocenters. The lowest BCUT2D eigenvalue weighted by Crippen LogP contribution is -2.44. The number of carbonyl (C=O) groups is 2. The van der Waals surface area contributed by atoms with E-state index in [9.17, 15) is 19.5 Å². The summed E-state index contributed by atoms with van der Waals surface area (Å²) in [7, 11) is 0. The molecule has 2 aliphatic rings. The summed E-state index contributed by atoms with van der Waals surface area (Å²) in [4.78, 5) is 47.8. The SMILES string of the molecule is CC[C@@]1(O)C(=O)OCc2c1cc1n(c2=O)Cc2c-1nc1ccccc1c2/C=N/OCC(=O)NCCCN.Cl. The van der Waals surface area contributed by atoms with E-state index in [1.54, 1.807) is 17.6 Å². The van der Waals surface area contributed by atoms with Crippen molar-refractivity contribution >= 4 is 41.4 Å². The number of pyridine rings is 2. The van der Waals surface area contributed by atoms with Crippen molar-refractivity contribution in [2.24, 2.45) is 10.9 Å². The van der Waals surface area contributed by atoms with Gasteiger partial charge in [0.25, 0.3) is 11.5 Å². The second-order valence-electron chi connectivity index (χ2n) is 8.97. The second-order valence-corrected chi connectivity index (χ2v) is 8.97. The van der Waals surface area contributed by atoms with Crippen LogP contribution in [0.2, 0.25) is 0 Å². The highest BCUT2D eigenvalue weighted by molar-refractivity contribution is 6.02.